The molecule has 578 valence electrons. The van der Waals surface area contributed by atoms with Gasteiger partial charge in [-0.2, -0.15) is 0 Å². The number of aliphatic hydroxyl groups is 21. The third-order valence-electron chi connectivity index (χ3n) is 17.7. The number of aliphatic carboxylic acids is 1. The van der Waals surface area contributed by atoms with E-state index in [0.717, 1.165) is 20.8 Å². The van der Waals surface area contributed by atoms with Crippen molar-refractivity contribution in [3.63, 3.8) is 0 Å². The first kappa shape index (κ1) is 83.2. The largest absolute Gasteiger partial charge is 0.544 e. The van der Waals surface area contributed by atoms with Crippen molar-refractivity contribution in [3.05, 3.63) is 0 Å². The van der Waals surface area contributed by atoms with E-state index in [1.165, 1.54) is 0 Å². The number of hydrogen-bond acceptors (Lipinski definition) is 41. The zero-order valence-electron chi connectivity index (χ0n) is 53.5. The van der Waals surface area contributed by atoms with Crippen molar-refractivity contribution < 1.29 is 203 Å². The smallest absolute Gasteiger partial charge is 0.217 e. The minimum Gasteiger partial charge on any atom is -0.544 e. The van der Waals surface area contributed by atoms with Crippen LogP contribution in [0.1, 0.15) is 27.2 Å². The summed E-state index contributed by atoms with van der Waals surface area (Å²) in [6, 6.07) is -6.59. The molecule has 0 saturated carbocycles. The van der Waals surface area contributed by atoms with Gasteiger partial charge in [0.1, 0.15) is 171 Å². The van der Waals surface area contributed by atoms with Crippen molar-refractivity contribution in [2.75, 3.05) is 59.5 Å². The Morgan fingerprint density at radius 2 is 0.820 bits per heavy atom. The maximum Gasteiger partial charge on any atom is 0.217 e. The molecule has 0 aromatic carbocycles. The lowest BCUT2D eigenvalue weighted by molar-refractivity contribution is -0.411. The van der Waals surface area contributed by atoms with Crippen LogP contribution in [-0.4, -0.2) is 423 Å². The van der Waals surface area contributed by atoms with Crippen molar-refractivity contribution in [2.45, 2.75) is 254 Å². The molecule has 7 saturated heterocycles. The molecular formula is C55H91N4O41-. The molecule has 0 aromatic heterocycles. The lowest BCUT2D eigenvalue weighted by Gasteiger charge is -2.52. The third-order valence-corrected chi connectivity index (χ3v) is 17.7. The van der Waals surface area contributed by atoms with Crippen LogP contribution in [0.3, 0.4) is 0 Å². The maximum atomic E-state index is 13.0. The molecule has 7 fully saturated rings. The van der Waals surface area contributed by atoms with Crippen LogP contribution in [0, 0.1) is 0 Å². The summed E-state index contributed by atoms with van der Waals surface area (Å²) < 4.78 is 80.6. The molecule has 45 nitrogen and oxygen atoms in total. The summed E-state index contributed by atoms with van der Waals surface area (Å²) in [6.45, 7) is -6.11. The van der Waals surface area contributed by atoms with E-state index in [9.17, 15) is 136 Å². The van der Waals surface area contributed by atoms with Crippen LogP contribution in [0.4, 0.5) is 0 Å². The fourth-order valence-electron chi connectivity index (χ4n) is 12.5. The van der Waals surface area contributed by atoms with Gasteiger partial charge in [0, 0.05) is 27.2 Å². The Labute approximate surface area is 565 Å². The molecule has 37 atom stereocenters. The molecule has 0 aliphatic carbocycles. The first-order valence-corrected chi connectivity index (χ1v) is 31.4. The van der Waals surface area contributed by atoms with Crippen LogP contribution in [-0.2, 0) is 90.3 Å². The van der Waals surface area contributed by atoms with Gasteiger partial charge in [-0.1, -0.05) is 0 Å². The Morgan fingerprint density at radius 1 is 0.460 bits per heavy atom. The Kier molecular flexibility index (Phi) is 30.6. The first-order valence-electron chi connectivity index (χ1n) is 31.4. The number of carboxylic acids is 1. The van der Waals surface area contributed by atoms with E-state index in [1.807, 2.05) is 0 Å². The number of carbonyl (C=O) groups excluding carboxylic acids is 5. The van der Waals surface area contributed by atoms with Crippen molar-refractivity contribution in [1.29, 1.82) is 0 Å². The average Bonchev–Trinajstić information content (AvgIpc) is 0.765. The van der Waals surface area contributed by atoms with Crippen LogP contribution >= 0.6 is 0 Å². The Morgan fingerprint density at radius 3 is 1.19 bits per heavy atom. The summed E-state index contributed by atoms with van der Waals surface area (Å²) in [5.74, 6) is -8.47. The van der Waals surface area contributed by atoms with E-state index < -0.39 is 316 Å². The number of carboxylic acid groups (broad SMARTS) is 1. The summed E-state index contributed by atoms with van der Waals surface area (Å²) in [5, 5.41) is 252. The highest BCUT2D eigenvalue weighted by Crippen LogP contribution is 2.41. The molecule has 7 rings (SSSR count). The van der Waals surface area contributed by atoms with Crippen molar-refractivity contribution in [3.8, 4) is 0 Å². The molecule has 0 aromatic rings. The highest BCUT2D eigenvalue weighted by Gasteiger charge is 2.61. The number of carbonyl (C=O) groups is 5. The number of aliphatic hydroxyl groups excluding tert-OH is 21. The fraction of sp³-hybridized carbons (Fsp3) is 0.909. The highest BCUT2D eigenvalue weighted by molar-refractivity contribution is 5.75. The second-order valence-corrected chi connectivity index (χ2v) is 24.7. The zero-order valence-corrected chi connectivity index (χ0v) is 53.5. The second kappa shape index (κ2) is 36.8. The highest BCUT2D eigenvalue weighted by atomic mass is 16.8. The van der Waals surface area contributed by atoms with E-state index in [1.54, 1.807) is 0 Å². The summed E-state index contributed by atoms with van der Waals surface area (Å²) in [5.41, 5.74) is 0. The number of nitrogens with one attached hydrogen (secondary N) is 4. The van der Waals surface area contributed by atoms with Crippen molar-refractivity contribution in [2.24, 2.45) is 0 Å². The van der Waals surface area contributed by atoms with E-state index in [-0.39, 0.29) is 6.41 Å². The van der Waals surface area contributed by atoms with Crippen molar-refractivity contribution >= 4 is 30.1 Å². The van der Waals surface area contributed by atoms with Crippen LogP contribution < -0.4 is 26.4 Å². The minimum absolute atomic E-state index is 0.257. The predicted molar refractivity (Wildman–Crippen MR) is 305 cm³/mol. The van der Waals surface area contributed by atoms with Gasteiger partial charge in [-0.15, -0.1) is 0 Å². The minimum atomic E-state index is -3.35. The van der Waals surface area contributed by atoms with Gasteiger partial charge >= 0.3 is 0 Å². The summed E-state index contributed by atoms with van der Waals surface area (Å²) in [6.07, 6.45) is -67.6. The number of ether oxygens (including phenoxy) is 14. The number of hydrogen-bond donors (Lipinski definition) is 25. The molecule has 0 bridgehead atoms. The Bertz CT molecular complexity index is 2600. The summed E-state index contributed by atoms with van der Waals surface area (Å²) in [7, 11) is 0. The molecule has 7 aliphatic heterocycles. The molecule has 45 heteroatoms. The molecule has 0 unspecified atom stereocenters. The van der Waals surface area contributed by atoms with Gasteiger partial charge in [0.15, 0.2) is 37.7 Å². The number of amides is 4. The van der Waals surface area contributed by atoms with Gasteiger partial charge in [-0.25, -0.2) is 0 Å². The fourth-order valence-corrected chi connectivity index (χ4v) is 12.5. The summed E-state index contributed by atoms with van der Waals surface area (Å²) >= 11 is 0. The molecule has 100 heavy (non-hydrogen) atoms. The maximum absolute atomic E-state index is 13.0. The topological polar surface area (TPSA) is 711 Å². The zero-order chi connectivity index (χ0) is 74.1. The van der Waals surface area contributed by atoms with Gasteiger partial charge in [0.25, 0.3) is 0 Å². The molecule has 0 spiro atoms. The third kappa shape index (κ3) is 18.6. The monoisotopic (exact) mass is 1460 g/mol. The molecule has 4 amide bonds. The summed E-state index contributed by atoms with van der Waals surface area (Å²) in [4.78, 5) is 61.7. The quantitative estimate of drug-likeness (QED) is 0.0287. The van der Waals surface area contributed by atoms with Crippen molar-refractivity contribution in [1.82, 2.24) is 21.3 Å². The molecule has 0 radical (unpaired) electrons. The van der Waals surface area contributed by atoms with Gasteiger partial charge < -0.3 is 205 Å². The molecule has 7 aliphatic rings. The Balaban J connectivity index is 1.08. The van der Waals surface area contributed by atoms with Crippen LogP contribution in [0.15, 0.2) is 0 Å². The van der Waals surface area contributed by atoms with Gasteiger partial charge in [0.05, 0.1) is 77.6 Å². The predicted octanol–water partition coefficient (Wildman–Crippen LogP) is -18.8. The standard InChI is InChI=1S/C55H92N4O41/c1-15(69)57-27-19(72)4-55(54(85)86,99-44(27)30(74)20(73)6-61)100-47-33(77)23(9-64)90-53(40(47)84)95-42-25(11-66)92-49(29(35(42)79)59-17(3)71)97-45-31(75)21(7-62)88-51(38(45)82)94-41-24(10-65)91-48(28(34(41)78)58-16(2)70)98-46-32(76)22(8-63)89-52(39(46)83)96-43-26(12-67)93-50(37(81)36(43)80)87-13-18(5-60)56-14-68/h14,18-53,60-67,72-84H,4-13H2,1-3H3,(H,56,68)(H,57,69)(H,58,70)(H,59,71)(H,85,86)/p-1/t18-,19+,20-,21-,22-,23-,24-,25-,26-,27-,28-,29-,30-,31+,32+,33+,34-,35-,36-,37-,38-,39-,40-,41-,42-,43-,44-,45+,46+,47+,48+,49-,50-,51+,52+,53+,55+/m1/s1. The van der Waals surface area contributed by atoms with Crippen LogP contribution in [0.25, 0.3) is 0 Å². The Hall–Kier alpha value is -4.05. The SMILES string of the molecule is CC(=O)N[C@H]1[C@H](O[C@H]2[C@@H](O)[C@@H](CO)O[C@@H](O[C@H]3[C@H](O)[C@@H](O)[C@H](OC[C@@H](CO)NC=O)O[C@@H]3CO)[C@@H]2O)O[C@H](CO)[C@@H](O[C@@H]2O[C@H](CO)[C@H](O)[C@H](O[C@H]3O[C@H](CO)[C@@H](O[C@@H]4O[C@H](CO)[C@H](O)[C@H](O[C@]5(C(=O)[O-])C[C@H](O)[C@@H](NC(C)=O)[C@H]([C@H](O)[C@H](O)CO)O5)[C@H]4O)[C@H](O)[C@H]3NC(C)=O)[C@H]2O)[C@@H]1O. The lowest BCUT2D eigenvalue weighted by atomic mass is 9.88. The van der Waals surface area contributed by atoms with E-state index in [2.05, 4.69) is 21.3 Å². The molecule has 25 N–H and O–H groups in total. The molecule has 7 heterocycles. The normalized spacial score (nSPS) is 45.0. The van der Waals surface area contributed by atoms with Gasteiger partial charge in [-0.3, -0.25) is 19.2 Å². The first-order chi connectivity index (χ1) is 47.3. The van der Waals surface area contributed by atoms with Gasteiger partial charge in [-0.05, 0) is 0 Å². The molecular weight excluding hydrogens is 1370 g/mol. The van der Waals surface area contributed by atoms with Crippen LogP contribution in [0.2, 0.25) is 0 Å². The second-order valence-electron chi connectivity index (χ2n) is 24.7. The lowest BCUT2D eigenvalue weighted by Crippen LogP contribution is -2.72. The van der Waals surface area contributed by atoms with E-state index >= 15 is 0 Å². The van der Waals surface area contributed by atoms with E-state index in [0.29, 0.717) is 0 Å². The number of rotatable bonds is 31. The van der Waals surface area contributed by atoms with Crippen LogP contribution in [0.5, 0.6) is 0 Å². The van der Waals surface area contributed by atoms with E-state index in [4.69, 9.17) is 66.3 Å². The van der Waals surface area contributed by atoms with Gasteiger partial charge in [0.2, 0.25) is 29.9 Å². The average molecular weight is 1460 g/mol.